The first-order valence-electron chi connectivity index (χ1n) is 13.0. The number of hydrogen-bond donors (Lipinski definition) is 2. The molecule has 2 amide bonds. The Bertz CT molecular complexity index is 1590. The molecule has 0 aliphatic carbocycles. The minimum absolute atomic E-state index is 0.151. The Kier molecular flexibility index (Phi) is 8.27. The van der Waals surface area contributed by atoms with Gasteiger partial charge in [0.15, 0.2) is 11.2 Å². The fourth-order valence-electron chi connectivity index (χ4n) is 4.58. The predicted octanol–water partition coefficient (Wildman–Crippen LogP) is 1.45. The van der Waals surface area contributed by atoms with Gasteiger partial charge in [-0.2, -0.15) is 4.98 Å². The van der Waals surface area contributed by atoms with Crippen LogP contribution < -0.4 is 26.8 Å². The van der Waals surface area contributed by atoms with E-state index >= 15 is 0 Å². The van der Waals surface area contributed by atoms with Gasteiger partial charge in [0, 0.05) is 32.4 Å². The summed E-state index contributed by atoms with van der Waals surface area (Å²) < 4.78 is 9.22. The van der Waals surface area contributed by atoms with Crippen molar-refractivity contribution in [2.45, 2.75) is 65.3 Å². The summed E-state index contributed by atoms with van der Waals surface area (Å²) in [5.74, 6) is 5.73. The highest BCUT2D eigenvalue weighted by atomic mass is 16.6. The average Bonchev–Trinajstić information content (AvgIpc) is 3.28. The third kappa shape index (κ3) is 6.33. The molecule has 0 saturated carbocycles. The smallest absolute Gasteiger partial charge is 0.407 e. The number of anilines is 2. The molecule has 212 valence electrons. The van der Waals surface area contributed by atoms with Gasteiger partial charge in [0.25, 0.3) is 5.56 Å². The second-order valence-electron chi connectivity index (χ2n) is 10.6. The number of imidazole rings is 1. The number of alkyl carbamates (subject to hydrolysis) is 1. The van der Waals surface area contributed by atoms with Gasteiger partial charge in [-0.1, -0.05) is 5.92 Å². The number of ether oxygens (including phenoxy) is 1. The number of nitrogens with zero attached hydrogens (tertiary/aromatic N) is 6. The first kappa shape index (κ1) is 28.4. The van der Waals surface area contributed by atoms with Crippen molar-refractivity contribution in [2.75, 3.05) is 23.3 Å². The number of piperidine rings is 1. The zero-order chi connectivity index (χ0) is 29.0. The van der Waals surface area contributed by atoms with Crippen molar-refractivity contribution in [3.8, 4) is 11.8 Å². The zero-order valence-electron chi connectivity index (χ0n) is 23.4. The summed E-state index contributed by atoms with van der Waals surface area (Å²) >= 11 is 0. The van der Waals surface area contributed by atoms with Crippen molar-refractivity contribution in [3.05, 3.63) is 45.4 Å². The highest BCUT2D eigenvalue weighted by molar-refractivity contribution is 5.90. The number of rotatable bonds is 6. The van der Waals surface area contributed by atoms with Gasteiger partial charge in [0.05, 0.1) is 18.4 Å². The maximum Gasteiger partial charge on any atom is 0.407 e. The van der Waals surface area contributed by atoms with Crippen LogP contribution in [0.15, 0.2) is 34.1 Å². The molecule has 1 saturated heterocycles. The number of amides is 2. The van der Waals surface area contributed by atoms with Crippen molar-refractivity contribution >= 4 is 34.8 Å². The molecule has 2 N–H and O–H groups in total. The van der Waals surface area contributed by atoms with E-state index in [1.54, 1.807) is 50.6 Å². The second-order valence-corrected chi connectivity index (χ2v) is 10.6. The number of hydrogen-bond acceptors (Lipinski definition) is 8. The van der Waals surface area contributed by atoms with Gasteiger partial charge in [-0.3, -0.25) is 23.7 Å². The molecule has 13 heteroatoms. The quantitative estimate of drug-likeness (QED) is 0.439. The highest BCUT2D eigenvalue weighted by Crippen LogP contribution is 2.23. The standard InChI is InChI=1S/C27H34N8O5/c1-6-7-14-34-21-22(31-24(34)33-13-9-11-19(16-33)30-25(38)40-27(2,3)4)32(5)26(39)35(23(21)37)17-20(36)29-18-10-8-12-28-15-18/h8,10,12,15,19H,9,11,13-14,16-17H2,1-5H3,(H,29,36)(H,30,38)/t19-/m1/s1. The first-order valence-corrected chi connectivity index (χ1v) is 13.0. The number of aromatic nitrogens is 5. The van der Waals surface area contributed by atoms with Crippen molar-refractivity contribution < 1.29 is 14.3 Å². The van der Waals surface area contributed by atoms with Gasteiger partial charge in [0.1, 0.15) is 12.1 Å². The fraction of sp³-hybridized carbons (Fsp3) is 0.481. The summed E-state index contributed by atoms with van der Waals surface area (Å²) in [6.45, 7) is 7.82. The van der Waals surface area contributed by atoms with Crippen LogP contribution in [0.2, 0.25) is 0 Å². The van der Waals surface area contributed by atoms with Gasteiger partial charge < -0.3 is 20.3 Å². The van der Waals surface area contributed by atoms with Crippen LogP contribution in [0.3, 0.4) is 0 Å². The van der Waals surface area contributed by atoms with Crippen LogP contribution in [0.4, 0.5) is 16.4 Å². The summed E-state index contributed by atoms with van der Waals surface area (Å²) in [6, 6.07) is 3.12. The molecule has 3 aromatic heterocycles. The Morgan fingerprint density at radius 3 is 2.67 bits per heavy atom. The summed E-state index contributed by atoms with van der Waals surface area (Å²) in [5, 5.41) is 5.56. The van der Waals surface area contributed by atoms with E-state index < -0.39 is 35.4 Å². The largest absolute Gasteiger partial charge is 0.444 e. The van der Waals surface area contributed by atoms with Crippen molar-refractivity contribution in [3.63, 3.8) is 0 Å². The molecule has 0 spiro atoms. The lowest BCUT2D eigenvalue weighted by molar-refractivity contribution is -0.116. The normalized spacial score (nSPS) is 15.3. The lowest BCUT2D eigenvalue weighted by atomic mass is 10.1. The Morgan fingerprint density at radius 1 is 1.23 bits per heavy atom. The summed E-state index contributed by atoms with van der Waals surface area (Å²) in [4.78, 5) is 62.5. The predicted molar refractivity (Wildman–Crippen MR) is 150 cm³/mol. The summed E-state index contributed by atoms with van der Waals surface area (Å²) in [7, 11) is 1.51. The van der Waals surface area contributed by atoms with E-state index in [-0.39, 0.29) is 23.8 Å². The number of fused-ring (bicyclic) bond motifs is 1. The molecule has 0 radical (unpaired) electrons. The van der Waals surface area contributed by atoms with E-state index in [1.807, 2.05) is 4.90 Å². The molecule has 1 aliphatic heterocycles. The molecule has 1 atom stereocenters. The maximum atomic E-state index is 13.7. The number of aryl methyl sites for hydroxylation is 1. The second kappa shape index (κ2) is 11.6. The molecule has 4 heterocycles. The fourth-order valence-corrected chi connectivity index (χ4v) is 4.58. The van der Waals surface area contributed by atoms with Crippen LogP contribution in [0, 0.1) is 11.8 Å². The molecule has 1 fully saturated rings. The molecule has 13 nitrogen and oxygen atoms in total. The first-order chi connectivity index (χ1) is 19.0. The van der Waals surface area contributed by atoms with E-state index in [1.165, 1.54) is 17.8 Å². The number of pyridine rings is 1. The van der Waals surface area contributed by atoms with Gasteiger partial charge in [-0.15, -0.1) is 5.92 Å². The van der Waals surface area contributed by atoms with Crippen molar-refractivity contribution in [2.24, 2.45) is 7.05 Å². The maximum absolute atomic E-state index is 13.7. The van der Waals surface area contributed by atoms with E-state index in [0.29, 0.717) is 24.7 Å². The van der Waals surface area contributed by atoms with Crippen LogP contribution >= 0.6 is 0 Å². The number of carbonyl (C=O) groups is 2. The minimum Gasteiger partial charge on any atom is -0.444 e. The Balaban J connectivity index is 1.69. The van der Waals surface area contributed by atoms with Crippen LogP contribution in [-0.2, 0) is 29.7 Å². The van der Waals surface area contributed by atoms with Gasteiger partial charge >= 0.3 is 11.8 Å². The van der Waals surface area contributed by atoms with Crippen LogP contribution in [0.1, 0.15) is 40.5 Å². The number of carbonyl (C=O) groups excluding carboxylic acids is 2. The molecule has 40 heavy (non-hydrogen) atoms. The van der Waals surface area contributed by atoms with Crippen molar-refractivity contribution in [1.82, 2.24) is 29.0 Å². The molecular weight excluding hydrogens is 516 g/mol. The van der Waals surface area contributed by atoms with Crippen LogP contribution in [0.25, 0.3) is 11.2 Å². The lowest BCUT2D eigenvalue weighted by Crippen LogP contribution is -2.49. The minimum atomic E-state index is -0.667. The van der Waals surface area contributed by atoms with Crippen LogP contribution in [-0.4, -0.2) is 60.4 Å². The molecule has 1 aliphatic rings. The topological polar surface area (TPSA) is 145 Å². The third-order valence-corrected chi connectivity index (χ3v) is 6.30. The Morgan fingerprint density at radius 2 is 2.00 bits per heavy atom. The highest BCUT2D eigenvalue weighted by Gasteiger charge is 2.29. The molecule has 0 aromatic carbocycles. The molecular formula is C27H34N8O5. The van der Waals surface area contributed by atoms with E-state index in [0.717, 1.165) is 17.4 Å². The van der Waals surface area contributed by atoms with Crippen LogP contribution in [0.5, 0.6) is 0 Å². The van der Waals surface area contributed by atoms with Crippen molar-refractivity contribution in [1.29, 1.82) is 0 Å². The van der Waals surface area contributed by atoms with E-state index in [9.17, 15) is 19.2 Å². The lowest BCUT2D eigenvalue weighted by Gasteiger charge is -2.34. The summed E-state index contributed by atoms with van der Waals surface area (Å²) in [6.07, 6.45) is 4.05. The van der Waals surface area contributed by atoms with E-state index in [2.05, 4.69) is 32.4 Å². The SMILES string of the molecule is CC#CCn1c(N2CCC[C@@H](NC(=O)OC(C)(C)C)C2)nc2c1c(=O)n(CC(=O)Nc1cccnc1)c(=O)n2C. The Hall–Kier alpha value is -4.60. The molecule has 4 rings (SSSR count). The van der Waals surface area contributed by atoms with Gasteiger partial charge in [-0.25, -0.2) is 14.2 Å². The number of nitrogens with one attached hydrogen (secondary N) is 2. The summed E-state index contributed by atoms with van der Waals surface area (Å²) in [5.41, 5.74) is -1.13. The average molecular weight is 551 g/mol. The monoisotopic (exact) mass is 550 g/mol. The zero-order valence-corrected chi connectivity index (χ0v) is 23.4. The Labute approximate surface area is 231 Å². The molecule has 0 unspecified atom stereocenters. The molecule has 0 bridgehead atoms. The van der Waals surface area contributed by atoms with Gasteiger partial charge in [-0.05, 0) is 52.7 Å². The van der Waals surface area contributed by atoms with Gasteiger partial charge in [0.2, 0.25) is 11.9 Å². The third-order valence-electron chi connectivity index (χ3n) is 6.30. The van der Waals surface area contributed by atoms with E-state index in [4.69, 9.17) is 4.74 Å². The molecule has 3 aromatic rings.